The molecule has 106 valence electrons. The van der Waals surface area contributed by atoms with Crippen molar-refractivity contribution < 1.29 is 9.53 Å². The molecule has 19 heavy (non-hydrogen) atoms. The van der Waals surface area contributed by atoms with Crippen LogP contribution in [0.4, 0.5) is 0 Å². The number of esters is 1. The molecular weight excluding hydrogens is 242 g/mol. The van der Waals surface area contributed by atoms with Crippen LogP contribution < -0.4 is 0 Å². The maximum atomic E-state index is 11.5. The molecule has 0 radical (unpaired) electrons. The second-order valence-corrected chi connectivity index (χ2v) is 5.26. The van der Waals surface area contributed by atoms with Gasteiger partial charge in [0, 0.05) is 25.8 Å². The van der Waals surface area contributed by atoms with Gasteiger partial charge in [-0.15, -0.1) is 0 Å². The largest absolute Gasteiger partial charge is 0.468 e. The Kier molecular flexibility index (Phi) is 4.96. The van der Waals surface area contributed by atoms with E-state index in [-0.39, 0.29) is 5.97 Å². The van der Waals surface area contributed by atoms with E-state index in [4.69, 9.17) is 4.74 Å². The summed E-state index contributed by atoms with van der Waals surface area (Å²) in [5, 5.41) is 4.18. The van der Waals surface area contributed by atoms with E-state index in [2.05, 4.69) is 10.00 Å². The fourth-order valence-electron chi connectivity index (χ4n) is 2.76. The number of methoxy groups -OCH3 is 1. The number of rotatable bonds is 6. The Bertz CT molecular complexity index is 411. The molecule has 0 spiro atoms. The average molecular weight is 265 g/mol. The number of ether oxygens (including phenoxy) is 1. The lowest BCUT2D eigenvalue weighted by Gasteiger charge is -2.27. The number of hydrogen-bond donors (Lipinski definition) is 0. The molecule has 1 heterocycles. The average Bonchev–Trinajstić information content (AvgIpc) is 3.05. The van der Waals surface area contributed by atoms with Crippen molar-refractivity contribution in [1.82, 2.24) is 14.7 Å². The van der Waals surface area contributed by atoms with Gasteiger partial charge in [0.15, 0.2) is 0 Å². The van der Waals surface area contributed by atoms with E-state index < -0.39 is 0 Å². The van der Waals surface area contributed by atoms with Crippen molar-refractivity contribution in [1.29, 1.82) is 0 Å². The first-order chi connectivity index (χ1) is 9.19. The molecule has 0 N–H and O–H groups in total. The molecule has 5 heteroatoms. The minimum Gasteiger partial charge on any atom is -0.468 e. The zero-order chi connectivity index (χ0) is 13.7. The highest BCUT2D eigenvalue weighted by atomic mass is 16.5. The molecule has 1 aliphatic carbocycles. The highest BCUT2D eigenvalue weighted by Crippen LogP contribution is 2.23. The van der Waals surface area contributed by atoms with E-state index in [1.54, 1.807) is 0 Å². The van der Waals surface area contributed by atoms with Crippen molar-refractivity contribution in [3.8, 4) is 0 Å². The van der Waals surface area contributed by atoms with Crippen molar-refractivity contribution >= 4 is 5.97 Å². The monoisotopic (exact) mass is 265 g/mol. The van der Waals surface area contributed by atoms with Crippen molar-refractivity contribution in [2.75, 3.05) is 20.2 Å². The summed E-state index contributed by atoms with van der Waals surface area (Å²) in [4.78, 5) is 13.8. The van der Waals surface area contributed by atoms with Crippen molar-refractivity contribution in [3.63, 3.8) is 0 Å². The molecular formula is C14H23N3O2. The molecule has 1 fully saturated rings. The highest BCUT2D eigenvalue weighted by molar-refractivity contribution is 5.71. The van der Waals surface area contributed by atoms with E-state index in [1.165, 1.54) is 38.4 Å². The maximum absolute atomic E-state index is 11.5. The van der Waals surface area contributed by atoms with Gasteiger partial charge in [-0.1, -0.05) is 12.8 Å². The quantitative estimate of drug-likeness (QED) is 0.729. The molecule has 5 nitrogen and oxygen atoms in total. The number of aryl methyl sites for hydroxylation is 1. The molecule has 1 aliphatic rings. The van der Waals surface area contributed by atoms with E-state index in [9.17, 15) is 4.79 Å². The highest BCUT2D eigenvalue weighted by Gasteiger charge is 2.24. The summed E-state index contributed by atoms with van der Waals surface area (Å²) >= 11 is 0. The van der Waals surface area contributed by atoms with Crippen LogP contribution in [0.1, 0.15) is 31.2 Å². The molecule has 0 bridgehead atoms. The third-order valence-corrected chi connectivity index (χ3v) is 3.85. The van der Waals surface area contributed by atoms with Crippen LogP contribution in [0.3, 0.4) is 0 Å². The molecule has 1 aromatic heterocycles. The zero-order valence-electron chi connectivity index (χ0n) is 11.8. The van der Waals surface area contributed by atoms with Crippen LogP contribution in [-0.4, -0.2) is 46.9 Å². The van der Waals surface area contributed by atoms with Gasteiger partial charge in [0.05, 0.1) is 19.9 Å². The van der Waals surface area contributed by atoms with E-state index >= 15 is 0 Å². The summed E-state index contributed by atoms with van der Waals surface area (Å²) in [6, 6.07) is 0.538. The summed E-state index contributed by atoms with van der Waals surface area (Å²) in [7, 11) is 3.38. The smallest absolute Gasteiger partial charge is 0.319 e. The van der Waals surface area contributed by atoms with Crippen LogP contribution in [0.25, 0.3) is 0 Å². The lowest BCUT2D eigenvalue weighted by molar-refractivity contribution is -0.142. The molecule has 0 unspecified atom stereocenters. The maximum Gasteiger partial charge on any atom is 0.319 e. The Morgan fingerprint density at radius 1 is 1.53 bits per heavy atom. The molecule has 0 aromatic carbocycles. The van der Waals surface area contributed by atoms with Crippen molar-refractivity contribution in [2.45, 2.75) is 38.1 Å². The third-order valence-electron chi connectivity index (χ3n) is 3.85. The van der Waals surface area contributed by atoms with Crippen LogP contribution in [0, 0.1) is 0 Å². The van der Waals surface area contributed by atoms with Crippen molar-refractivity contribution in [2.24, 2.45) is 7.05 Å². The molecule has 1 saturated carbocycles. The van der Waals surface area contributed by atoms with E-state index in [0.29, 0.717) is 12.6 Å². The summed E-state index contributed by atoms with van der Waals surface area (Å²) in [5.74, 6) is -0.141. The van der Waals surface area contributed by atoms with E-state index in [0.717, 1.165) is 13.0 Å². The van der Waals surface area contributed by atoms with Crippen LogP contribution in [0.2, 0.25) is 0 Å². The minimum atomic E-state index is -0.141. The van der Waals surface area contributed by atoms with Crippen LogP contribution in [0.5, 0.6) is 0 Å². The standard InChI is InChI=1S/C14H23N3O2/c1-16-10-12(9-15-16)7-8-17(11-14(18)19-2)13-5-3-4-6-13/h9-10,13H,3-8,11H2,1-2H3. The summed E-state index contributed by atoms with van der Waals surface area (Å²) in [6.45, 7) is 1.30. The van der Waals surface area contributed by atoms with Crippen LogP contribution in [-0.2, 0) is 23.0 Å². The number of hydrogen-bond acceptors (Lipinski definition) is 4. The van der Waals surface area contributed by atoms with Gasteiger partial charge in [0.1, 0.15) is 0 Å². The molecule has 1 aromatic rings. The van der Waals surface area contributed by atoms with Gasteiger partial charge in [0.25, 0.3) is 0 Å². The first kappa shape index (κ1) is 14.1. The summed E-state index contributed by atoms with van der Waals surface area (Å²) in [5.41, 5.74) is 1.22. The normalized spacial score (nSPS) is 16.2. The van der Waals surface area contributed by atoms with Gasteiger partial charge < -0.3 is 4.74 Å². The van der Waals surface area contributed by atoms with Crippen LogP contribution in [0.15, 0.2) is 12.4 Å². The van der Waals surface area contributed by atoms with Crippen molar-refractivity contribution in [3.05, 3.63) is 18.0 Å². The first-order valence-corrected chi connectivity index (χ1v) is 6.97. The van der Waals surface area contributed by atoms with Gasteiger partial charge in [-0.05, 0) is 24.8 Å². The molecule has 0 atom stereocenters. The molecule has 0 aliphatic heterocycles. The Morgan fingerprint density at radius 3 is 2.84 bits per heavy atom. The minimum absolute atomic E-state index is 0.141. The lowest BCUT2D eigenvalue weighted by atomic mass is 10.1. The van der Waals surface area contributed by atoms with Gasteiger partial charge in [0.2, 0.25) is 0 Å². The molecule has 2 rings (SSSR count). The van der Waals surface area contributed by atoms with Gasteiger partial charge >= 0.3 is 5.97 Å². The number of nitrogens with zero attached hydrogens (tertiary/aromatic N) is 3. The Labute approximate surface area is 114 Å². The number of carbonyl (C=O) groups is 1. The van der Waals surface area contributed by atoms with Gasteiger partial charge in [-0.2, -0.15) is 5.10 Å². The second kappa shape index (κ2) is 6.70. The van der Waals surface area contributed by atoms with Gasteiger partial charge in [-0.3, -0.25) is 14.4 Å². The predicted molar refractivity (Wildman–Crippen MR) is 72.8 cm³/mol. The number of carbonyl (C=O) groups excluding carboxylic acids is 1. The van der Waals surface area contributed by atoms with Crippen LogP contribution >= 0.6 is 0 Å². The summed E-state index contributed by atoms with van der Waals surface area (Å²) in [6.07, 6.45) is 9.80. The Morgan fingerprint density at radius 2 is 2.26 bits per heavy atom. The molecule has 0 saturated heterocycles. The zero-order valence-corrected chi connectivity index (χ0v) is 11.8. The predicted octanol–water partition coefficient (Wildman–Crippen LogP) is 1.38. The Balaban J connectivity index is 1.90. The third kappa shape index (κ3) is 4.06. The fourth-order valence-corrected chi connectivity index (χ4v) is 2.76. The van der Waals surface area contributed by atoms with Gasteiger partial charge in [-0.25, -0.2) is 0 Å². The lowest BCUT2D eigenvalue weighted by Crippen LogP contribution is -2.39. The SMILES string of the molecule is COC(=O)CN(CCc1cnn(C)c1)C1CCCC1. The molecule has 0 amide bonds. The topological polar surface area (TPSA) is 47.4 Å². The second-order valence-electron chi connectivity index (χ2n) is 5.26. The summed E-state index contributed by atoms with van der Waals surface area (Å²) < 4.78 is 6.61. The fraction of sp³-hybridized carbons (Fsp3) is 0.714. The van der Waals surface area contributed by atoms with E-state index in [1.807, 2.05) is 24.1 Å². The number of aromatic nitrogens is 2. The first-order valence-electron chi connectivity index (χ1n) is 6.97. The Hall–Kier alpha value is -1.36.